The van der Waals surface area contributed by atoms with Gasteiger partial charge >= 0.3 is 0 Å². The molecule has 0 spiro atoms. The quantitative estimate of drug-likeness (QED) is 0.191. The fourth-order valence-electron chi connectivity index (χ4n) is 5.31. The molecule has 136 valence electrons. The summed E-state index contributed by atoms with van der Waals surface area (Å²) in [5.41, 5.74) is 7.41. The Bertz CT molecular complexity index is 1770. The molecule has 0 bridgehead atoms. The van der Waals surface area contributed by atoms with Gasteiger partial charge in [-0.25, -0.2) is 4.57 Å². The van der Waals surface area contributed by atoms with E-state index in [1.54, 1.807) is 0 Å². The van der Waals surface area contributed by atoms with Gasteiger partial charge in [-0.3, -0.25) is 0 Å². The number of hydrogen-bond donors (Lipinski definition) is 0. The van der Waals surface area contributed by atoms with E-state index in [1.807, 2.05) is 6.33 Å². The lowest BCUT2D eigenvalue weighted by molar-refractivity contribution is -0.646. The minimum atomic E-state index is 1.05. The van der Waals surface area contributed by atoms with Crippen LogP contribution in [0, 0.1) is 6.92 Å². The van der Waals surface area contributed by atoms with Crippen LogP contribution in [0.3, 0.4) is 0 Å². The highest BCUT2D eigenvalue weighted by molar-refractivity contribution is 6.27. The Morgan fingerprint density at radius 1 is 0.793 bits per heavy atom. The van der Waals surface area contributed by atoms with Gasteiger partial charge in [0.25, 0.3) is 6.33 Å². The van der Waals surface area contributed by atoms with E-state index in [9.17, 15) is 0 Å². The van der Waals surface area contributed by atoms with E-state index in [0.717, 1.165) is 5.52 Å². The van der Waals surface area contributed by atoms with Gasteiger partial charge in [0.15, 0.2) is 5.52 Å². The van der Waals surface area contributed by atoms with Crippen molar-refractivity contribution in [1.82, 2.24) is 9.38 Å². The lowest BCUT2D eigenvalue weighted by Gasteiger charge is -2.14. The van der Waals surface area contributed by atoms with Crippen LogP contribution in [0.2, 0.25) is 0 Å². The third kappa shape index (κ3) is 1.70. The van der Waals surface area contributed by atoms with Gasteiger partial charge in [-0.2, -0.15) is 0 Å². The summed E-state index contributed by atoms with van der Waals surface area (Å²) < 4.78 is 4.64. The van der Waals surface area contributed by atoms with Gasteiger partial charge in [-0.1, -0.05) is 42.5 Å². The SMILES string of the molecule is Cc1c2ccccc2cc2c1c1c3c(ccc4c5ccccc5n2c43)nc[n+]1C. The van der Waals surface area contributed by atoms with Crippen LogP contribution in [0.5, 0.6) is 0 Å². The second kappa shape index (κ2) is 5.00. The smallest absolute Gasteiger partial charge is 0.287 e. The molecule has 3 heteroatoms. The van der Waals surface area contributed by atoms with Crippen LogP contribution in [-0.2, 0) is 7.05 Å². The summed E-state index contributed by atoms with van der Waals surface area (Å²) in [4.78, 5) is 4.75. The molecule has 0 atom stereocenters. The molecular formula is C26H18N3+. The van der Waals surface area contributed by atoms with Crippen LogP contribution < -0.4 is 4.57 Å². The fraction of sp³-hybridized carbons (Fsp3) is 0.0769. The van der Waals surface area contributed by atoms with E-state index in [0.29, 0.717) is 0 Å². The highest BCUT2D eigenvalue weighted by Crippen LogP contribution is 2.41. The van der Waals surface area contributed by atoms with Crippen molar-refractivity contribution in [1.29, 1.82) is 0 Å². The molecule has 4 aromatic carbocycles. The predicted octanol–water partition coefficient (Wildman–Crippen LogP) is 5.67. The van der Waals surface area contributed by atoms with E-state index in [-0.39, 0.29) is 0 Å². The molecule has 29 heavy (non-hydrogen) atoms. The summed E-state index contributed by atoms with van der Waals surface area (Å²) in [6.45, 7) is 2.25. The third-order valence-corrected chi connectivity index (χ3v) is 6.54. The number of fused-ring (bicyclic) bond motifs is 7. The Morgan fingerprint density at radius 3 is 2.48 bits per heavy atom. The maximum atomic E-state index is 4.75. The minimum absolute atomic E-state index is 1.05. The van der Waals surface area contributed by atoms with Crippen molar-refractivity contribution < 1.29 is 4.57 Å². The number of nitrogens with zero attached hydrogens (tertiary/aromatic N) is 3. The van der Waals surface area contributed by atoms with Gasteiger partial charge in [-0.05, 0) is 52.5 Å². The molecule has 0 saturated carbocycles. The standard InChI is InChI=1S/C26H18N3/c1-15-17-8-4-3-7-16(17)13-22-23(15)26-24-20(27-14-28(26)2)12-11-19-18-9-5-6-10-21(18)29(22)25(19)24/h3-14H,1-2H3/q+1. The van der Waals surface area contributed by atoms with Crippen LogP contribution in [0.1, 0.15) is 5.56 Å². The Hall–Kier alpha value is -3.72. The average molecular weight is 372 g/mol. The molecule has 7 rings (SSSR count). The third-order valence-electron chi connectivity index (χ3n) is 6.54. The highest BCUT2D eigenvalue weighted by Gasteiger charge is 2.24. The summed E-state index contributed by atoms with van der Waals surface area (Å²) in [7, 11) is 2.11. The zero-order valence-corrected chi connectivity index (χ0v) is 16.3. The molecule has 0 fully saturated rings. The van der Waals surface area contributed by atoms with Crippen molar-refractivity contribution in [2.24, 2.45) is 7.05 Å². The fourth-order valence-corrected chi connectivity index (χ4v) is 5.31. The first kappa shape index (κ1) is 15.2. The summed E-state index contributed by atoms with van der Waals surface area (Å²) in [6.07, 6.45) is 1.94. The molecule has 0 saturated heterocycles. The van der Waals surface area contributed by atoms with Crippen LogP contribution >= 0.6 is 0 Å². The maximum absolute atomic E-state index is 4.75. The molecule has 3 heterocycles. The zero-order chi connectivity index (χ0) is 19.3. The first-order chi connectivity index (χ1) is 14.2. The molecule has 0 aliphatic rings. The topological polar surface area (TPSA) is 21.2 Å². The number of aryl methyl sites for hydroxylation is 2. The zero-order valence-electron chi connectivity index (χ0n) is 16.3. The predicted molar refractivity (Wildman–Crippen MR) is 120 cm³/mol. The summed E-state index contributed by atoms with van der Waals surface area (Å²) >= 11 is 0. The molecule has 0 amide bonds. The summed E-state index contributed by atoms with van der Waals surface area (Å²) in [5.74, 6) is 0. The Balaban J connectivity index is 1.99. The highest BCUT2D eigenvalue weighted by atomic mass is 15.0. The first-order valence-electron chi connectivity index (χ1n) is 9.97. The van der Waals surface area contributed by atoms with Crippen LogP contribution in [0.25, 0.3) is 59.9 Å². The molecule has 0 radical (unpaired) electrons. The molecule has 0 unspecified atom stereocenters. The molecule has 0 aliphatic heterocycles. The van der Waals surface area contributed by atoms with Crippen molar-refractivity contribution >= 4 is 59.9 Å². The van der Waals surface area contributed by atoms with E-state index < -0.39 is 0 Å². The number of aromatic nitrogens is 3. The van der Waals surface area contributed by atoms with Crippen molar-refractivity contribution in [2.75, 3.05) is 0 Å². The van der Waals surface area contributed by atoms with Gasteiger partial charge in [0.1, 0.15) is 5.52 Å². The van der Waals surface area contributed by atoms with Crippen LogP contribution in [-0.4, -0.2) is 9.38 Å². The van der Waals surface area contributed by atoms with E-state index in [1.165, 1.54) is 59.9 Å². The summed E-state index contributed by atoms with van der Waals surface area (Å²) in [6, 6.07) is 24.2. The second-order valence-corrected chi connectivity index (χ2v) is 8.03. The lowest BCUT2D eigenvalue weighted by atomic mass is 9.97. The molecule has 3 aromatic heterocycles. The van der Waals surface area contributed by atoms with Gasteiger partial charge in [0.05, 0.1) is 29.0 Å². The van der Waals surface area contributed by atoms with Gasteiger partial charge in [0.2, 0.25) is 0 Å². The lowest BCUT2D eigenvalue weighted by Crippen LogP contribution is -2.30. The second-order valence-electron chi connectivity index (χ2n) is 8.03. The summed E-state index contributed by atoms with van der Waals surface area (Å²) in [5, 5.41) is 7.72. The number of para-hydroxylation sites is 1. The van der Waals surface area contributed by atoms with Gasteiger partial charge in [0, 0.05) is 16.2 Å². The average Bonchev–Trinajstić information content (AvgIpc) is 3.10. The monoisotopic (exact) mass is 372 g/mol. The van der Waals surface area contributed by atoms with E-state index in [4.69, 9.17) is 4.98 Å². The molecular weight excluding hydrogens is 354 g/mol. The molecule has 7 aromatic rings. The Morgan fingerprint density at radius 2 is 1.59 bits per heavy atom. The normalized spacial score (nSPS) is 12.5. The molecule has 0 N–H and O–H groups in total. The van der Waals surface area contributed by atoms with Crippen molar-refractivity contribution in [3.8, 4) is 0 Å². The van der Waals surface area contributed by atoms with Crippen molar-refractivity contribution in [3.05, 3.63) is 78.6 Å². The van der Waals surface area contributed by atoms with E-state index in [2.05, 4.69) is 89.7 Å². The Kier molecular flexibility index (Phi) is 2.63. The number of pyridine rings is 1. The Labute approximate surface area is 166 Å². The number of hydrogen-bond acceptors (Lipinski definition) is 1. The molecule has 0 aliphatic carbocycles. The van der Waals surface area contributed by atoms with Crippen LogP contribution in [0.15, 0.2) is 73.1 Å². The molecule has 3 nitrogen and oxygen atoms in total. The number of rotatable bonds is 0. The number of benzene rings is 4. The van der Waals surface area contributed by atoms with Crippen molar-refractivity contribution in [2.45, 2.75) is 6.92 Å². The van der Waals surface area contributed by atoms with Gasteiger partial charge in [-0.15, -0.1) is 0 Å². The minimum Gasteiger partial charge on any atom is -0.308 e. The van der Waals surface area contributed by atoms with Crippen molar-refractivity contribution in [3.63, 3.8) is 0 Å². The first-order valence-corrected chi connectivity index (χ1v) is 9.97. The van der Waals surface area contributed by atoms with E-state index >= 15 is 0 Å². The maximum Gasteiger partial charge on any atom is 0.287 e. The van der Waals surface area contributed by atoms with Gasteiger partial charge < -0.3 is 4.40 Å². The largest absolute Gasteiger partial charge is 0.308 e. The van der Waals surface area contributed by atoms with Crippen LogP contribution in [0.4, 0.5) is 0 Å².